The number of aliphatic hydroxyl groups is 4. The second kappa shape index (κ2) is 49.6. The summed E-state index contributed by atoms with van der Waals surface area (Å²) in [6.45, 7) is 11.8. The van der Waals surface area contributed by atoms with Gasteiger partial charge >= 0.3 is 0 Å². The molecule has 138 valence electrons. The number of ether oxygens (including phenoxy) is 1. The summed E-state index contributed by atoms with van der Waals surface area (Å²) >= 11 is 0. The molecule has 1 rings (SSSR count). The third-order valence-corrected chi connectivity index (χ3v) is 1.60. The molecule has 6 heteroatoms. The maximum Gasteiger partial charge on any atom is 0.0428 e. The summed E-state index contributed by atoms with van der Waals surface area (Å²) in [6, 6.07) is 0. The molecule has 1 saturated heterocycles. The Morgan fingerprint density at radius 1 is 0.727 bits per heavy atom. The van der Waals surface area contributed by atoms with Crippen LogP contribution in [0.1, 0.15) is 66.2 Å². The van der Waals surface area contributed by atoms with Gasteiger partial charge in [-0.25, -0.2) is 6.61 Å². The SMILES string of the molecule is CCCO.CCCO.CCCO.CCCO.[CH-]1CCCO1.[Ti]. The summed E-state index contributed by atoms with van der Waals surface area (Å²) in [7, 11) is 0. The van der Waals surface area contributed by atoms with E-state index in [1.54, 1.807) is 0 Å². The van der Waals surface area contributed by atoms with Crippen molar-refractivity contribution in [2.45, 2.75) is 66.2 Å². The average Bonchev–Trinajstić information content (AvgIpc) is 3.14. The molecule has 1 heterocycles. The van der Waals surface area contributed by atoms with E-state index in [0.29, 0.717) is 26.4 Å². The first-order valence-corrected chi connectivity index (χ1v) is 8.03. The van der Waals surface area contributed by atoms with Crippen LogP contribution < -0.4 is 0 Å². The van der Waals surface area contributed by atoms with E-state index in [4.69, 9.17) is 25.2 Å². The molecule has 0 aromatic heterocycles. The van der Waals surface area contributed by atoms with Crippen LogP contribution in [0.4, 0.5) is 0 Å². The monoisotopic (exact) mass is 359 g/mol. The molecular weight excluding hydrogens is 320 g/mol. The Morgan fingerprint density at radius 3 is 1.05 bits per heavy atom. The Bertz CT molecular complexity index is 83.1. The predicted molar refractivity (Wildman–Crippen MR) is 89.0 cm³/mol. The molecule has 0 aromatic rings. The van der Waals surface area contributed by atoms with Gasteiger partial charge < -0.3 is 25.2 Å². The molecule has 5 nitrogen and oxygen atoms in total. The van der Waals surface area contributed by atoms with Crippen LogP contribution in [0.15, 0.2) is 0 Å². The van der Waals surface area contributed by atoms with Crippen molar-refractivity contribution >= 4 is 0 Å². The van der Waals surface area contributed by atoms with Gasteiger partial charge in [-0.15, -0.1) is 0 Å². The van der Waals surface area contributed by atoms with Crippen LogP contribution in [-0.2, 0) is 26.5 Å². The fourth-order valence-corrected chi connectivity index (χ4v) is 0.417. The summed E-state index contributed by atoms with van der Waals surface area (Å²) in [5, 5.41) is 31.5. The van der Waals surface area contributed by atoms with E-state index >= 15 is 0 Å². The molecule has 0 spiro atoms. The molecular formula is C16H39O5Ti-. The molecule has 22 heavy (non-hydrogen) atoms. The number of hydrogen-bond donors (Lipinski definition) is 4. The van der Waals surface area contributed by atoms with E-state index in [1.165, 1.54) is 6.42 Å². The van der Waals surface area contributed by atoms with Crippen LogP contribution in [-0.4, -0.2) is 53.5 Å². The second-order valence-electron chi connectivity index (χ2n) is 4.07. The van der Waals surface area contributed by atoms with Crippen molar-refractivity contribution < 1.29 is 46.9 Å². The normalized spacial score (nSPS) is 10.9. The first-order chi connectivity index (χ1) is 10.2. The number of aliphatic hydroxyl groups excluding tert-OH is 4. The molecule has 1 aliphatic rings. The van der Waals surface area contributed by atoms with Crippen molar-refractivity contribution in [1.82, 2.24) is 0 Å². The van der Waals surface area contributed by atoms with Gasteiger partial charge in [-0.3, -0.25) is 0 Å². The van der Waals surface area contributed by atoms with Gasteiger partial charge in [0.1, 0.15) is 0 Å². The third-order valence-electron chi connectivity index (χ3n) is 1.60. The van der Waals surface area contributed by atoms with Crippen LogP contribution in [0.25, 0.3) is 0 Å². The molecule has 0 unspecified atom stereocenters. The van der Waals surface area contributed by atoms with Crippen LogP contribution >= 0.6 is 0 Å². The topological polar surface area (TPSA) is 90.2 Å². The van der Waals surface area contributed by atoms with E-state index in [0.717, 1.165) is 38.7 Å². The van der Waals surface area contributed by atoms with Gasteiger partial charge in [0.05, 0.1) is 0 Å². The Kier molecular flexibility index (Phi) is 76.6. The molecule has 4 N–H and O–H groups in total. The van der Waals surface area contributed by atoms with Crippen molar-refractivity contribution in [3.63, 3.8) is 0 Å². The summed E-state index contributed by atoms with van der Waals surface area (Å²) in [5.74, 6) is 0. The maximum atomic E-state index is 7.88. The van der Waals surface area contributed by atoms with E-state index in [2.05, 4.69) is 0 Å². The van der Waals surface area contributed by atoms with Crippen molar-refractivity contribution in [1.29, 1.82) is 0 Å². The van der Waals surface area contributed by atoms with Crippen LogP contribution in [0.2, 0.25) is 0 Å². The molecule has 0 bridgehead atoms. The zero-order valence-corrected chi connectivity index (χ0v) is 16.6. The maximum absolute atomic E-state index is 7.88. The molecule has 1 fully saturated rings. The first-order valence-electron chi connectivity index (χ1n) is 8.03. The summed E-state index contributed by atoms with van der Waals surface area (Å²) in [6.07, 6.45) is 5.88. The van der Waals surface area contributed by atoms with E-state index < -0.39 is 0 Å². The fraction of sp³-hybridized carbons (Fsp3) is 0.938. The summed E-state index contributed by atoms with van der Waals surface area (Å²) in [5.41, 5.74) is 0. The molecule has 0 aromatic carbocycles. The fourth-order valence-electron chi connectivity index (χ4n) is 0.417. The first kappa shape index (κ1) is 34.0. The number of rotatable bonds is 4. The van der Waals surface area contributed by atoms with Gasteiger partial charge in [0.15, 0.2) is 0 Å². The van der Waals surface area contributed by atoms with Gasteiger partial charge in [-0.1, -0.05) is 34.1 Å². The molecule has 0 saturated carbocycles. The van der Waals surface area contributed by atoms with Crippen molar-refractivity contribution in [2.75, 3.05) is 33.0 Å². The second-order valence-corrected chi connectivity index (χ2v) is 4.07. The summed E-state index contributed by atoms with van der Waals surface area (Å²) < 4.78 is 4.82. The molecule has 0 amide bonds. The summed E-state index contributed by atoms with van der Waals surface area (Å²) in [4.78, 5) is 0. The Hall–Kier alpha value is 0.514. The van der Waals surface area contributed by atoms with Gasteiger partial charge in [-0.2, -0.15) is 6.42 Å². The predicted octanol–water partition coefficient (Wildman–Crippen LogP) is 2.51. The average molecular weight is 359 g/mol. The molecule has 0 atom stereocenters. The smallest absolute Gasteiger partial charge is 0.0428 e. The zero-order valence-electron chi connectivity index (χ0n) is 15.1. The third kappa shape index (κ3) is 86.3. The minimum atomic E-state index is 0. The van der Waals surface area contributed by atoms with Crippen LogP contribution in [0.5, 0.6) is 0 Å². The van der Waals surface area contributed by atoms with Crippen molar-refractivity contribution in [3.05, 3.63) is 6.61 Å². The zero-order chi connectivity index (χ0) is 17.2. The molecule has 0 aliphatic carbocycles. The minimum absolute atomic E-state index is 0. The van der Waals surface area contributed by atoms with Crippen LogP contribution in [0, 0.1) is 6.61 Å². The minimum Gasteiger partial charge on any atom is -0.552 e. The number of hydrogen-bond acceptors (Lipinski definition) is 5. The van der Waals surface area contributed by atoms with E-state index in [-0.39, 0.29) is 21.7 Å². The van der Waals surface area contributed by atoms with E-state index in [9.17, 15) is 0 Å². The molecule has 1 aliphatic heterocycles. The molecule has 0 radical (unpaired) electrons. The quantitative estimate of drug-likeness (QED) is 0.457. The van der Waals surface area contributed by atoms with Crippen molar-refractivity contribution in [3.8, 4) is 0 Å². The Morgan fingerprint density at radius 2 is 1.00 bits per heavy atom. The Labute approximate surface area is 153 Å². The Balaban J connectivity index is -0.0000000544. The van der Waals surface area contributed by atoms with Gasteiger partial charge in [0.25, 0.3) is 0 Å². The largest absolute Gasteiger partial charge is 0.552 e. The van der Waals surface area contributed by atoms with E-state index in [1.807, 2.05) is 34.3 Å². The van der Waals surface area contributed by atoms with Gasteiger partial charge in [0, 0.05) is 54.8 Å². The van der Waals surface area contributed by atoms with Gasteiger partial charge in [0.2, 0.25) is 0 Å². The van der Waals surface area contributed by atoms with Gasteiger partial charge in [-0.05, 0) is 25.7 Å². The van der Waals surface area contributed by atoms with Crippen molar-refractivity contribution in [2.24, 2.45) is 0 Å². The standard InChI is InChI=1S/C4H7O.4C3H8O.Ti/c1-2-4-5-3-1;4*1-2-3-4;/h3H,1-2,4H2;4*4H,2-3H2,1H3;/q-1;;;;;. The van der Waals surface area contributed by atoms with Crippen LogP contribution in [0.3, 0.4) is 0 Å².